The molecule has 3 heterocycles. The molecule has 28 heavy (non-hydrogen) atoms. The van der Waals surface area contributed by atoms with E-state index in [1.165, 1.54) is 30.3 Å². The van der Waals surface area contributed by atoms with E-state index >= 15 is 0 Å². The molecule has 0 fully saturated rings. The minimum atomic E-state index is -4.73. The predicted molar refractivity (Wildman–Crippen MR) is 98.3 cm³/mol. The SMILES string of the molecule is O=c1cc(Cc2cccnc2)[nH]c2c(-c3ccc(Cl)cc3)c(C(F)(F)F)nn12. The van der Waals surface area contributed by atoms with Crippen molar-refractivity contribution in [2.24, 2.45) is 0 Å². The zero-order valence-corrected chi connectivity index (χ0v) is 14.9. The number of rotatable bonds is 3. The number of pyridine rings is 1. The summed E-state index contributed by atoms with van der Waals surface area (Å²) in [4.78, 5) is 19.4. The summed E-state index contributed by atoms with van der Waals surface area (Å²) in [7, 11) is 0. The van der Waals surface area contributed by atoms with Gasteiger partial charge in [-0.2, -0.15) is 22.8 Å². The number of halogens is 4. The van der Waals surface area contributed by atoms with Crippen LogP contribution in [0.25, 0.3) is 16.8 Å². The zero-order valence-electron chi connectivity index (χ0n) is 14.2. The van der Waals surface area contributed by atoms with Crippen LogP contribution in [-0.4, -0.2) is 19.6 Å². The highest BCUT2D eigenvalue weighted by molar-refractivity contribution is 6.30. The molecule has 0 unspecified atom stereocenters. The molecule has 0 spiro atoms. The Morgan fingerprint density at radius 1 is 1.14 bits per heavy atom. The van der Waals surface area contributed by atoms with Crippen LogP contribution in [0.1, 0.15) is 17.0 Å². The minimum absolute atomic E-state index is 0.0268. The fraction of sp³-hybridized carbons (Fsp3) is 0.105. The third-order valence-corrected chi connectivity index (χ3v) is 4.44. The van der Waals surface area contributed by atoms with Crippen molar-refractivity contribution in [1.82, 2.24) is 19.6 Å². The Kier molecular flexibility index (Phi) is 4.43. The highest BCUT2D eigenvalue weighted by atomic mass is 35.5. The molecule has 4 aromatic rings. The maximum Gasteiger partial charge on any atom is 0.435 e. The van der Waals surface area contributed by atoms with E-state index in [0.29, 0.717) is 17.1 Å². The average Bonchev–Trinajstić information content (AvgIpc) is 3.04. The minimum Gasteiger partial charge on any atom is -0.343 e. The van der Waals surface area contributed by atoms with Crippen molar-refractivity contribution in [3.8, 4) is 11.1 Å². The van der Waals surface area contributed by atoms with Crippen molar-refractivity contribution in [2.75, 3.05) is 0 Å². The summed E-state index contributed by atoms with van der Waals surface area (Å²) in [6.45, 7) is 0. The van der Waals surface area contributed by atoms with Crippen molar-refractivity contribution in [3.63, 3.8) is 0 Å². The molecular weight excluding hydrogens is 393 g/mol. The Bertz CT molecular complexity index is 1200. The van der Waals surface area contributed by atoms with Gasteiger partial charge in [-0.3, -0.25) is 9.78 Å². The van der Waals surface area contributed by atoms with Crippen molar-refractivity contribution < 1.29 is 13.2 Å². The molecule has 0 radical (unpaired) electrons. The third kappa shape index (κ3) is 3.38. The lowest BCUT2D eigenvalue weighted by Crippen LogP contribution is -2.16. The average molecular weight is 405 g/mol. The van der Waals surface area contributed by atoms with Gasteiger partial charge in [0.25, 0.3) is 5.56 Å². The summed E-state index contributed by atoms with van der Waals surface area (Å²) in [5.74, 6) is 0. The number of benzene rings is 1. The Morgan fingerprint density at radius 3 is 2.54 bits per heavy atom. The summed E-state index contributed by atoms with van der Waals surface area (Å²) in [5, 5.41) is 3.92. The number of H-pyrrole nitrogens is 1. The van der Waals surface area contributed by atoms with Gasteiger partial charge < -0.3 is 4.98 Å². The molecule has 1 N–H and O–H groups in total. The van der Waals surface area contributed by atoms with Crippen molar-refractivity contribution >= 4 is 17.2 Å². The molecule has 0 aliphatic carbocycles. The van der Waals surface area contributed by atoms with E-state index < -0.39 is 17.4 Å². The summed E-state index contributed by atoms with van der Waals surface area (Å²) < 4.78 is 41.5. The molecule has 4 rings (SSSR count). The molecule has 3 aromatic heterocycles. The molecule has 1 aromatic carbocycles. The van der Waals surface area contributed by atoms with Gasteiger partial charge in [0.2, 0.25) is 0 Å². The molecule has 5 nitrogen and oxygen atoms in total. The lowest BCUT2D eigenvalue weighted by molar-refractivity contribution is -0.140. The second-order valence-corrected chi connectivity index (χ2v) is 6.60. The molecule has 0 saturated carbocycles. The van der Waals surface area contributed by atoms with Crippen LogP contribution in [0.3, 0.4) is 0 Å². The molecule has 0 atom stereocenters. The molecule has 0 saturated heterocycles. The maximum absolute atomic E-state index is 13.6. The number of aromatic amines is 1. The van der Waals surface area contributed by atoms with Crippen molar-refractivity contribution in [3.05, 3.63) is 87.2 Å². The van der Waals surface area contributed by atoms with Gasteiger partial charge in [-0.15, -0.1) is 0 Å². The number of hydrogen-bond acceptors (Lipinski definition) is 3. The molecule has 142 valence electrons. The number of hydrogen-bond donors (Lipinski definition) is 1. The Balaban J connectivity index is 1.96. The van der Waals surface area contributed by atoms with Gasteiger partial charge in [0, 0.05) is 35.6 Å². The highest BCUT2D eigenvalue weighted by Gasteiger charge is 2.39. The molecule has 9 heteroatoms. The zero-order chi connectivity index (χ0) is 19.9. The van der Waals surface area contributed by atoms with Crippen LogP contribution < -0.4 is 5.56 Å². The summed E-state index contributed by atoms with van der Waals surface area (Å²) >= 11 is 5.85. The number of nitrogens with zero attached hydrogens (tertiary/aromatic N) is 3. The monoisotopic (exact) mass is 404 g/mol. The first-order chi connectivity index (χ1) is 13.3. The van der Waals surface area contributed by atoms with Crippen molar-refractivity contribution in [2.45, 2.75) is 12.6 Å². The highest BCUT2D eigenvalue weighted by Crippen LogP contribution is 2.38. The first-order valence-corrected chi connectivity index (χ1v) is 8.58. The summed E-state index contributed by atoms with van der Waals surface area (Å²) in [6.07, 6.45) is -1.18. The lowest BCUT2D eigenvalue weighted by Gasteiger charge is -2.07. The maximum atomic E-state index is 13.6. The Labute approximate surface area is 161 Å². The number of alkyl halides is 3. The predicted octanol–water partition coefficient (Wildman–Crippen LogP) is 4.35. The van der Waals surface area contributed by atoms with Gasteiger partial charge in [-0.25, -0.2) is 0 Å². The van der Waals surface area contributed by atoms with Crippen LogP contribution in [0.15, 0.2) is 59.7 Å². The largest absolute Gasteiger partial charge is 0.435 e. The third-order valence-electron chi connectivity index (χ3n) is 4.19. The van der Waals surface area contributed by atoms with Gasteiger partial charge in [-0.05, 0) is 29.3 Å². The number of nitrogens with one attached hydrogen (secondary N) is 1. The van der Waals surface area contributed by atoms with Gasteiger partial charge in [0.1, 0.15) is 5.65 Å². The van der Waals surface area contributed by atoms with Gasteiger partial charge in [0.05, 0.1) is 5.56 Å². The summed E-state index contributed by atoms with van der Waals surface area (Å²) in [5.41, 5.74) is -0.503. The van der Waals surface area contributed by atoms with E-state index in [1.807, 2.05) is 6.07 Å². The molecule has 0 aliphatic rings. The van der Waals surface area contributed by atoms with Gasteiger partial charge >= 0.3 is 6.18 Å². The fourth-order valence-electron chi connectivity index (χ4n) is 3.00. The van der Waals surface area contributed by atoms with E-state index in [9.17, 15) is 18.0 Å². The first kappa shape index (κ1) is 18.2. The second-order valence-electron chi connectivity index (χ2n) is 6.16. The van der Waals surface area contributed by atoms with E-state index in [4.69, 9.17) is 11.6 Å². The van der Waals surface area contributed by atoms with Crippen LogP contribution in [0, 0.1) is 0 Å². The Morgan fingerprint density at radius 2 is 1.89 bits per heavy atom. The molecular formula is C19H12ClF3N4O. The molecule has 0 aliphatic heterocycles. The molecule has 0 bridgehead atoms. The van der Waals surface area contributed by atoms with E-state index in [2.05, 4.69) is 15.1 Å². The van der Waals surface area contributed by atoms with Crippen LogP contribution in [-0.2, 0) is 12.6 Å². The van der Waals surface area contributed by atoms with Crippen molar-refractivity contribution in [1.29, 1.82) is 0 Å². The Hall–Kier alpha value is -3.13. The van der Waals surface area contributed by atoms with Gasteiger partial charge in [0.15, 0.2) is 5.69 Å². The topological polar surface area (TPSA) is 63.0 Å². The normalized spacial score (nSPS) is 11.9. The van der Waals surface area contributed by atoms with Crippen LogP contribution in [0.5, 0.6) is 0 Å². The quantitative estimate of drug-likeness (QED) is 0.552. The number of aromatic nitrogens is 4. The van der Waals surface area contributed by atoms with E-state index in [-0.39, 0.29) is 16.8 Å². The van der Waals surface area contributed by atoms with E-state index in [1.54, 1.807) is 18.5 Å². The van der Waals surface area contributed by atoms with Crippen LogP contribution in [0.4, 0.5) is 13.2 Å². The number of fused-ring (bicyclic) bond motifs is 1. The first-order valence-electron chi connectivity index (χ1n) is 8.20. The van der Waals surface area contributed by atoms with E-state index in [0.717, 1.165) is 10.1 Å². The van der Waals surface area contributed by atoms with Crippen LogP contribution >= 0.6 is 11.6 Å². The lowest BCUT2D eigenvalue weighted by atomic mass is 10.1. The molecule has 0 amide bonds. The standard InChI is InChI=1S/C19H12ClF3N4O/c20-13-5-3-12(4-6-13)16-17(19(21,22)23)26-27-15(28)9-14(25-18(16)27)8-11-2-1-7-24-10-11/h1-7,9-10,25H,8H2. The van der Waals surface area contributed by atoms with Crippen LogP contribution in [0.2, 0.25) is 5.02 Å². The fourth-order valence-corrected chi connectivity index (χ4v) is 3.12. The summed E-state index contributed by atoms with van der Waals surface area (Å²) in [6, 6.07) is 10.7. The second kappa shape index (κ2) is 6.79. The van der Waals surface area contributed by atoms with Gasteiger partial charge in [-0.1, -0.05) is 29.8 Å². The smallest absolute Gasteiger partial charge is 0.343 e.